The van der Waals surface area contributed by atoms with E-state index in [0.717, 1.165) is 6.07 Å². The predicted octanol–water partition coefficient (Wildman–Crippen LogP) is 2.40. The summed E-state index contributed by atoms with van der Waals surface area (Å²) in [5, 5.41) is 18.9. The van der Waals surface area contributed by atoms with Crippen molar-refractivity contribution in [1.29, 1.82) is 5.26 Å². The van der Waals surface area contributed by atoms with Crippen LogP contribution in [0.15, 0.2) is 6.07 Å². The summed E-state index contributed by atoms with van der Waals surface area (Å²) in [6.07, 6.45) is -3.03. The fraction of sp³-hybridized carbons (Fsp3) is 0.143. The van der Waals surface area contributed by atoms with Gasteiger partial charge >= 0.3 is 5.82 Å². The number of nitrogens with zero attached hydrogens (tertiary/aromatic N) is 3. The van der Waals surface area contributed by atoms with Crippen molar-refractivity contribution in [2.75, 3.05) is 0 Å². The summed E-state index contributed by atoms with van der Waals surface area (Å²) in [7, 11) is 0. The first-order valence-corrected chi connectivity index (χ1v) is 4.58. The lowest BCUT2D eigenvalue weighted by Crippen LogP contribution is -2.02. The van der Waals surface area contributed by atoms with E-state index in [4.69, 9.17) is 5.26 Å². The summed E-state index contributed by atoms with van der Waals surface area (Å²) >= 11 is 1.58. The first-order valence-electron chi connectivity index (χ1n) is 3.50. The van der Waals surface area contributed by atoms with Gasteiger partial charge in [-0.15, -0.1) is 0 Å². The topological polar surface area (TPSA) is 79.8 Å². The molecule has 0 spiro atoms. The summed E-state index contributed by atoms with van der Waals surface area (Å²) in [5.41, 5.74) is -0.937. The van der Waals surface area contributed by atoms with Crippen molar-refractivity contribution in [2.45, 2.75) is 6.43 Å². The van der Waals surface area contributed by atoms with Crippen molar-refractivity contribution < 1.29 is 13.7 Å². The molecule has 15 heavy (non-hydrogen) atoms. The molecule has 5 nitrogen and oxygen atoms in total. The van der Waals surface area contributed by atoms with Crippen LogP contribution in [0.1, 0.15) is 17.6 Å². The number of alkyl halides is 2. The van der Waals surface area contributed by atoms with Gasteiger partial charge in [-0.1, -0.05) is 0 Å². The number of rotatable bonds is 2. The van der Waals surface area contributed by atoms with E-state index in [2.05, 4.69) is 4.98 Å². The molecule has 1 rings (SSSR count). The SMILES string of the molecule is N#Cc1cc(C(F)F)c([N+](=O)[O-])nc1I. The molecule has 0 amide bonds. The smallest absolute Gasteiger partial charge is 0.358 e. The molecule has 0 saturated carbocycles. The average molecular weight is 325 g/mol. The molecular formula is C7H2F2IN3O2. The Labute approximate surface area is 96.0 Å². The van der Waals surface area contributed by atoms with Crippen molar-refractivity contribution >= 4 is 28.4 Å². The first kappa shape index (κ1) is 11.7. The third kappa shape index (κ3) is 2.35. The van der Waals surface area contributed by atoms with Gasteiger partial charge in [-0.2, -0.15) is 5.26 Å². The van der Waals surface area contributed by atoms with E-state index in [1.165, 1.54) is 0 Å². The van der Waals surface area contributed by atoms with Crippen LogP contribution in [-0.4, -0.2) is 9.91 Å². The van der Waals surface area contributed by atoms with Crippen LogP contribution in [0, 0.1) is 25.1 Å². The molecule has 1 heterocycles. The summed E-state index contributed by atoms with van der Waals surface area (Å²) < 4.78 is 24.8. The number of hydrogen-bond donors (Lipinski definition) is 0. The highest BCUT2D eigenvalue weighted by atomic mass is 127. The van der Waals surface area contributed by atoms with E-state index in [1.807, 2.05) is 0 Å². The Bertz CT molecular complexity index is 458. The normalized spacial score (nSPS) is 10.1. The zero-order chi connectivity index (χ0) is 11.6. The highest BCUT2D eigenvalue weighted by molar-refractivity contribution is 14.1. The molecule has 0 fully saturated rings. The number of aromatic nitrogens is 1. The first-order chi connectivity index (χ1) is 6.97. The molecule has 1 aromatic heterocycles. The Morgan fingerprint density at radius 3 is 2.67 bits per heavy atom. The summed E-state index contributed by atoms with van der Waals surface area (Å²) in [6.45, 7) is 0. The lowest BCUT2D eigenvalue weighted by Gasteiger charge is -2.01. The Kier molecular flexibility index (Phi) is 3.46. The number of nitriles is 1. The molecule has 8 heteroatoms. The van der Waals surface area contributed by atoms with Gasteiger partial charge in [0.2, 0.25) is 3.70 Å². The van der Waals surface area contributed by atoms with Crippen molar-refractivity contribution in [3.05, 3.63) is 31.0 Å². The van der Waals surface area contributed by atoms with Crippen LogP contribution in [0.5, 0.6) is 0 Å². The van der Waals surface area contributed by atoms with Crippen molar-refractivity contribution in [2.24, 2.45) is 0 Å². The minimum Gasteiger partial charge on any atom is -0.358 e. The molecule has 0 radical (unpaired) electrons. The summed E-state index contributed by atoms with van der Waals surface area (Å²) in [6, 6.07) is 2.42. The third-order valence-electron chi connectivity index (χ3n) is 1.51. The lowest BCUT2D eigenvalue weighted by atomic mass is 10.2. The third-order valence-corrected chi connectivity index (χ3v) is 2.34. The van der Waals surface area contributed by atoms with Gasteiger partial charge < -0.3 is 10.1 Å². The van der Waals surface area contributed by atoms with Gasteiger partial charge in [0.15, 0.2) is 0 Å². The molecule has 0 atom stereocenters. The fourth-order valence-electron chi connectivity index (χ4n) is 0.883. The highest BCUT2D eigenvalue weighted by Gasteiger charge is 2.26. The molecule has 0 saturated heterocycles. The second-order valence-electron chi connectivity index (χ2n) is 2.41. The average Bonchev–Trinajstić information content (AvgIpc) is 2.16. The standard InChI is InChI=1S/C7H2F2IN3O2/c8-5(9)4-1-3(2-11)6(10)12-7(4)13(14)15/h1,5H. The van der Waals surface area contributed by atoms with Crippen molar-refractivity contribution in [1.82, 2.24) is 4.98 Å². The maximum Gasteiger partial charge on any atom is 0.373 e. The fourth-order valence-corrected chi connectivity index (χ4v) is 1.39. The predicted molar refractivity (Wildman–Crippen MR) is 53.3 cm³/mol. The largest absolute Gasteiger partial charge is 0.373 e. The summed E-state index contributed by atoms with van der Waals surface area (Å²) in [5.74, 6) is -0.909. The Morgan fingerprint density at radius 2 is 2.27 bits per heavy atom. The zero-order valence-electron chi connectivity index (χ0n) is 6.95. The quantitative estimate of drug-likeness (QED) is 0.362. The van der Waals surface area contributed by atoms with Gasteiger partial charge in [-0.05, 0) is 16.0 Å². The molecular weight excluding hydrogens is 323 g/mol. The van der Waals surface area contributed by atoms with E-state index in [9.17, 15) is 18.9 Å². The number of hydrogen-bond acceptors (Lipinski definition) is 4. The Morgan fingerprint density at radius 1 is 1.67 bits per heavy atom. The molecule has 0 aliphatic heterocycles. The molecule has 0 aromatic carbocycles. The van der Waals surface area contributed by atoms with Crippen LogP contribution in [0.25, 0.3) is 0 Å². The van der Waals surface area contributed by atoms with E-state index in [1.54, 1.807) is 28.7 Å². The van der Waals surface area contributed by atoms with Gasteiger partial charge in [-0.3, -0.25) is 0 Å². The minimum absolute atomic E-state index is 0.0335. The second kappa shape index (κ2) is 4.43. The van der Waals surface area contributed by atoms with E-state index >= 15 is 0 Å². The highest BCUT2D eigenvalue weighted by Crippen LogP contribution is 2.29. The van der Waals surface area contributed by atoms with E-state index in [0.29, 0.717) is 0 Å². The molecule has 1 aromatic rings. The van der Waals surface area contributed by atoms with E-state index < -0.39 is 22.7 Å². The Hall–Kier alpha value is -1.37. The lowest BCUT2D eigenvalue weighted by molar-refractivity contribution is -0.391. The van der Waals surface area contributed by atoms with Crippen molar-refractivity contribution in [3.63, 3.8) is 0 Å². The molecule has 78 valence electrons. The molecule has 0 unspecified atom stereocenters. The number of nitro groups is 1. The van der Waals surface area contributed by atoms with Crippen LogP contribution in [0.3, 0.4) is 0 Å². The Balaban J connectivity index is 3.47. The maximum atomic E-state index is 12.4. The molecule has 0 N–H and O–H groups in total. The van der Waals surface area contributed by atoms with Gasteiger partial charge in [-0.25, -0.2) is 8.78 Å². The van der Waals surface area contributed by atoms with Gasteiger partial charge in [0.05, 0.1) is 0 Å². The van der Waals surface area contributed by atoms with Crippen LogP contribution >= 0.6 is 22.6 Å². The molecule has 0 aliphatic rings. The number of pyridine rings is 1. The van der Waals surface area contributed by atoms with Crippen LogP contribution < -0.4 is 0 Å². The zero-order valence-corrected chi connectivity index (χ0v) is 9.10. The molecule has 0 aliphatic carbocycles. The second-order valence-corrected chi connectivity index (χ2v) is 3.43. The van der Waals surface area contributed by atoms with E-state index in [-0.39, 0.29) is 9.26 Å². The monoisotopic (exact) mass is 325 g/mol. The summed E-state index contributed by atoms with van der Waals surface area (Å²) in [4.78, 5) is 12.8. The maximum absolute atomic E-state index is 12.4. The molecule has 0 bridgehead atoms. The van der Waals surface area contributed by atoms with Gasteiger partial charge in [0.25, 0.3) is 6.43 Å². The van der Waals surface area contributed by atoms with Crippen molar-refractivity contribution in [3.8, 4) is 6.07 Å². The van der Waals surface area contributed by atoms with Crippen LogP contribution in [0.2, 0.25) is 0 Å². The minimum atomic E-state index is -3.03. The van der Waals surface area contributed by atoms with Crippen LogP contribution in [-0.2, 0) is 0 Å². The van der Waals surface area contributed by atoms with Gasteiger partial charge in [0, 0.05) is 22.6 Å². The van der Waals surface area contributed by atoms with Crippen LogP contribution in [0.4, 0.5) is 14.6 Å². The number of halogens is 3. The van der Waals surface area contributed by atoms with Gasteiger partial charge in [0.1, 0.15) is 17.2 Å².